The molecule has 0 aromatic carbocycles. The molecule has 0 rings (SSSR count). The van der Waals surface area contributed by atoms with E-state index in [9.17, 15) is 24.5 Å². The Hall–Kier alpha value is -0.800. The lowest BCUT2D eigenvalue weighted by atomic mass is 10.0. The summed E-state index contributed by atoms with van der Waals surface area (Å²) < 4.78 is 22.2. The normalized spacial score (nSPS) is 14.5. The summed E-state index contributed by atoms with van der Waals surface area (Å²) in [6, 6.07) is -0.978. The van der Waals surface area contributed by atoms with Crippen molar-refractivity contribution in [3.05, 3.63) is 12.2 Å². The number of phosphoric ester groups is 1. The quantitative estimate of drug-likeness (QED) is 0.0231. The van der Waals surface area contributed by atoms with Crippen molar-refractivity contribution < 1.29 is 33.5 Å². The van der Waals surface area contributed by atoms with Gasteiger partial charge in [0, 0.05) is 6.54 Å². The van der Waals surface area contributed by atoms with E-state index in [2.05, 4.69) is 19.2 Å². The molecule has 1 amide bonds. The zero-order valence-corrected chi connectivity index (χ0v) is 39.1. The Kier molecular flexibility index (Phi) is 43.7. The number of aliphatic hydroxyl groups is 2. The zero-order chi connectivity index (χ0) is 42.6. The second-order valence-electron chi connectivity index (χ2n) is 17.2. The molecule has 0 heterocycles. The number of rotatable bonds is 47. The molecule has 0 fully saturated rings. The van der Waals surface area contributed by atoms with Crippen molar-refractivity contribution in [2.45, 2.75) is 270 Å². The number of phosphoric acid groups is 1. The van der Waals surface area contributed by atoms with Crippen molar-refractivity contribution in [1.29, 1.82) is 0 Å². The second kappa shape index (κ2) is 44.3. The summed E-state index contributed by atoms with van der Waals surface area (Å²) in [6.07, 6.45) is 47.3. The Morgan fingerprint density at radius 3 is 1.33 bits per heavy atom. The molecule has 346 valence electrons. The van der Waals surface area contributed by atoms with E-state index in [1.807, 2.05) is 6.08 Å². The maximum atomic E-state index is 12.9. The van der Waals surface area contributed by atoms with Crippen LogP contribution in [0.1, 0.15) is 251 Å². The molecule has 4 unspecified atom stereocenters. The lowest BCUT2D eigenvalue weighted by Gasteiger charge is -2.24. The molecule has 0 saturated heterocycles. The first-order valence-electron chi connectivity index (χ1n) is 24.9. The van der Waals surface area contributed by atoms with Crippen LogP contribution in [0.4, 0.5) is 0 Å². The summed E-state index contributed by atoms with van der Waals surface area (Å²) in [5.74, 6) is -0.441. The highest BCUT2D eigenvalue weighted by Gasteiger charge is 2.27. The topological polar surface area (TPSA) is 151 Å². The molecule has 6 N–H and O–H groups in total. The number of amides is 1. The minimum atomic E-state index is -4.40. The van der Waals surface area contributed by atoms with E-state index in [0.717, 1.165) is 38.5 Å². The highest BCUT2D eigenvalue weighted by Crippen LogP contribution is 2.43. The van der Waals surface area contributed by atoms with E-state index in [1.54, 1.807) is 6.08 Å². The Bertz CT molecular complexity index is 940. The molecule has 0 aliphatic heterocycles. The molecular weight excluding hydrogens is 748 g/mol. The van der Waals surface area contributed by atoms with Crippen LogP contribution in [0.5, 0.6) is 0 Å². The number of hydrogen-bond acceptors (Lipinski definition) is 7. The van der Waals surface area contributed by atoms with Crippen LogP contribution in [0.3, 0.4) is 0 Å². The molecule has 10 heteroatoms. The SMILES string of the molecule is CCCCCCCCCCCCCCCCCCCC/C=C/C(O)C(COP(=O)(O)OCCN)NC(=O)CC(O)CCCCCCCCCCCCCCCCCC. The minimum absolute atomic E-state index is 0.0518. The third-order valence-electron chi connectivity index (χ3n) is 11.4. The van der Waals surface area contributed by atoms with E-state index in [4.69, 9.17) is 14.8 Å². The van der Waals surface area contributed by atoms with Crippen LogP contribution < -0.4 is 11.1 Å². The van der Waals surface area contributed by atoms with Gasteiger partial charge in [-0.05, 0) is 19.3 Å². The van der Waals surface area contributed by atoms with Gasteiger partial charge in [0.05, 0.1) is 37.9 Å². The molecule has 0 radical (unpaired) electrons. The average molecular weight is 845 g/mol. The van der Waals surface area contributed by atoms with Gasteiger partial charge < -0.3 is 26.2 Å². The minimum Gasteiger partial charge on any atom is -0.393 e. The molecule has 9 nitrogen and oxygen atoms in total. The van der Waals surface area contributed by atoms with Gasteiger partial charge in [0.1, 0.15) is 0 Å². The highest BCUT2D eigenvalue weighted by atomic mass is 31.2. The van der Waals surface area contributed by atoms with Crippen LogP contribution in [0.2, 0.25) is 0 Å². The number of hydrogen-bond donors (Lipinski definition) is 5. The summed E-state index contributed by atoms with van der Waals surface area (Å²) in [7, 11) is -4.40. The molecule has 4 atom stereocenters. The van der Waals surface area contributed by atoms with E-state index < -0.39 is 38.6 Å². The van der Waals surface area contributed by atoms with Crippen molar-refractivity contribution in [3.63, 3.8) is 0 Å². The summed E-state index contributed by atoms with van der Waals surface area (Å²) in [6.45, 7) is 4.01. The summed E-state index contributed by atoms with van der Waals surface area (Å²) in [5.41, 5.74) is 5.38. The van der Waals surface area contributed by atoms with E-state index in [0.29, 0.717) is 6.42 Å². The van der Waals surface area contributed by atoms with Crippen molar-refractivity contribution >= 4 is 13.7 Å². The Labute approximate surface area is 358 Å². The van der Waals surface area contributed by atoms with Gasteiger partial charge in [-0.3, -0.25) is 13.8 Å². The number of aliphatic hydroxyl groups excluding tert-OH is 2. The third-order valence-corrected chi connectivity index (χ3v) is 12.4. The van der Waals surface area contributed by atoms with Gasteiger partial charge in [-0.25, -0.2) is 4.57 Å². The van der Waals surface area contributed by atoms with Gasteiger partial charge in [-0.1, -0.05) is 238 Å². The monoisotopic (exact) mass is 845 g/mol. The van der Waals surface area contributed by atoms with Gasteiger partial charge in [0.2, 0.25) is 5.91 Å². The van der Waals surface area contributed by atoms with Crippen LogP contribution in [0, 0.1) is 0 Å². The number of carbonyl (C=O) groups is 1. The molecule has 0 aromatic rings. The van der Waals surface area contributed by atoms with Gasteiger partial charge in [0.15, 0.2) is 0 Å². The van der Waals surface area contributed by atoms with Crippen molar-refractivity contribution in [2.24, 2.45) is 5.73 Å². The Balaban J connectivity index is 4.20. The molecule has 0 aliphatic rings. The second-order valence-corrected chi connectivity index (χ2v) is 18.7. The third kappa shape index (κ3) is 41.9. The molecular formula is C48H97N2O7P. The van der Waals surface area contributed by atoms with Crippen LogP contribution >= 0.6 is 7.82 Å². The number of nitrogens with one attached hydrogen (secondary N) is 1. The smallest absolute Gasteiger partial charge is 0.393 e. The zero-order valence-electron chi connectivity index (χ0n) is 38.2. The Morgan fingerprint density at radius 2 is 0.948 bits per heavy atom. The maximum Gasteiger partial charge on any atom is 0.472 e. The van der Waals surface area contributed by atoms with Gasteiger partial charge in [-0.2, -0.15) is 0 Å². The van der Waals surface area contributed by atoms with Gasteiger partial charge in [0.25, 0.3) is 0 Å². The standard InChI is InChI=1S/C48H97N2O7P/c1-3-5-7-9-11-13-15-17-19-21-22-23-24-26-28-30-32-34-36-38-40-47(52)46(44-57-58(54,55)56-42-41-49)50-48(53)43-45(51)39-37-35-33-31-29-27-25-20-18-16-14-12-10-8-6-4-2/h38,40,45-47,51-52H,3-37,39,41-44,49H2,1-2H3,(H,50,53)(H,54,55)/b40-38+. The van der Waals surface area contributed by atoms with Crippen LogP contribution in [-0.2, 0) is 18.4 Å². The number of allylic oxidation sites excluding steroid dienone is 1. The van der Waals surface area contributed by atoms with Crippen LogP contribution in [0.25, 0.3) is 0 Å². The predicted molar refractivity (Wildman–Crippen MR) is 246 cm³/mol. The summed E-state index contributed by atoms with van der Waals surface area (Å²) in [5, 5.41) is 24.1. The molecule has 0 aliphatic carbocycles. The fourth-order valence-electron chi connectivity index (χ4n) is 7.65. The molecule has 0 saturated carbocycles. The molecule has 0 spiro atoms. The van der Waals surface area contributed by atoms with Crippen molar-refractivity contribution in [2.75, 3.05) is 19.8 Å². The molecule has 0 bridgehead atoms. The Morgan fingerprint density at radius 1 is 0.586 bits per heavy atom. The van der Waals surface area contributed by atoms with Crippen molar-refractivity contribution in [3.8, 4) is 0 Å². The van der Waals surface area contributed by atoms with E-state index in [1.165, 1.54) is 186 Å². The lowest BCUT2D eigenvalue weighted by molar-refractivity contribution is -0.124. The first-order valence-corrected chi connectivity index (χ1v) is 26.4. The lowest BCUT2D eigenvalue weighted by Crippen LogP contribution is -2.46. The van der Waals surface area contributed by atoms with Crippen molar-refractivity contribution in [1.82, 2.24) is 5.32 Å². The summed E-state index contributed by atoms with van der Waals surface area (Å²) >= 11 is 0. The van der Waals surface area contributed by atoms with E-state index >= 15 is 0 Å². The number of nitrogens with two attached hydrogens (primary N) is 1. The number of unbranched alkanes of at least 4 members (excludes halogenated alkanes) is 33. The fraction of sp³-hybridized carbons (Fsp3) is 0.938. The maximum absolute atomic E-state index is 12.9. The largest absolute Gasteiger partial charge is 0.472 e. The fourth-order valence-corrected chi connectivity index (χ4v) is 8.41. The van der Waals surface area contributed by atoms with Crippen LogP contribution in [0.15, 0.2) is 12.2 Å². The highest BCUT2D eigenvalue weighted by molar-refractivity contribution is 7.47. The molecule has 0 aromatic heterocycles. The number of carbonyl (C=O) groups excluding carboxylic acids is 1. The summed E-state index contributed by atoms with van der Waals surface area (Å²) in [4.78, 5) is 22.8. The molecule has 58 heavy (non-hydrogen) atoms. The first kappa shape index (κ1) is 57.2. The van der Waals surface area contributed by atoms with Gasteiger partial charge >= 0.3 is 7.82 Å². The van der Waals surface area contributed by atoms with Gasteiger partial charge in [-0.15, -0.1) is 0 Å². The average Bonchev–Trinajstić information content (AvgIpc) is 3.20. The first-order chi connectivity index (χ1) is 28.3. The predicted octanol–water partition coefficient (Wildman–Crippen LogP) is 13.3. The van der Waals surface area contributed by atoms with E-state index in [-0.39, 0.29) is 19.6 Å². The van der Waals surface area contributed by atoms with Crippen LogP contribution in [-0.4, -0.2) is 59.0 Å².